The molecule has 0 N–H and O–H groups in total. The minimum absolute atomic E-state index is 0.157. The predicted molar refractivity (Wildman–Crippen MR) is 119 cm³/mol. The molecule has 1 aliphatic carbocycles. The Balaban J connectivity index is 0.000000256. The molecular formula is C25H35NO2. The van der Waals surface area contributed by atoms with Crippen LogP contribution in [0.4, 0.5) is 0 Å². The van der Waals surface area contributed by atoms with Crippen molar-refractivity contribution in [1.29, 1.82) is 0 Å². The highest BCUT2D eigenvalue weighted by Gasteiger charge is 2.26. The molecule has 0 fully saturated rings. The lowest BCUT2D eigenvalue weighted by molar-refractivity contribution is -0.116. The van der Waals surface area contributed by atoms with E-state index in [1.165, 1.54) is 31.6 Å². The van der Waals surface area contributed by atoms with E-state index in [2.05, 4.69) is 25.7 Å². The van der Waals surface area contributed by atoms with Gasteiger partial charge in [-0.15, -0.1) is 0 Å². The van der Waals surface area contributed by atoms with Crippen molar-refractivity contribution in [2.24, 2.45) is 0 Å². The van der Waals surface area contributed by atoms with Gasteiger partial charge in [0.1, 0.15) is 5.78 Å². The van der Waals surface area contributed by atoms with Crippen LogP contribution < -0.4 is 0 Å². The van der Waals surface area contributed by atoms with Crippen molar-refractivity contribution >= 4 is 11.6 Å². The number of rotatable bonds is 5. The highest BCUT2D eigenvalue weighted by Crippen LogP contribution is 2.38. The van der Waals surface area contributed by atoms with Crippen molar-refractivity contribution in [3.05, 3.63) is 59.2 Å². The molecule has 3 rings (SSSR count). The number of aryl methyl sites for hydroxylation is 1. The third-order valence-electron chi connectivity index (χ3n) is 4.89. The number of ketones is 2. The first-order valence-electron chi connectivity index (χ1n) is 10.4. The smallest absolute Gasteiger partial charge is 0.194 e. The van der Waals surface area contributed by atoms with Gasteiger partial charge in [-0.3, -0.25) is 4.79 Å². The lowest BCUT2D eigenvalue weighted by Crippen LogP contribution is -2.23. The van der Waals surface area contributed by atoms with Crippen molar-refractivity contribution in [3.63, 3.8) is 0 Å². The van der Waals surface area contributed by atoms with E-state index in [1.54, 1.807) is 6.92 Å². The van der Waals surface area contributed by atoms with Crippen LogP contribution in [0, 0.1) is 6.92 Å². The zero-order valence-corrected chi connectivity index (χ0v) is 18.3. The van der Waals surface area contributed by atoms with Crippen LogP contribution in [0.5, 0.6) is 0 Å². The molecule has 0 saturated heterocycles. The second-order valence-electron chi connectivity index (χ2n) is 6.95. The molecule has 0 aliphatic heterocycles. The first-order valence-corrected chi connectivity index (χ1v) is 10.4. The van der Waals surface area contributed by atoms with Gasteiger partial charge in [-0.2, -0.15) is 0 Å². The molecule has 0 amide bonds. The third-order valence-corrected chi connectivity index (χ3v) is 4.89. The Morgan fingerprint density at radius 1 is 0.857 bits per heavy atom. The van der Waals surface area contributed by atoms with Gasteiger partial charge in [0.15, 0.2) is 5.78 Å². The average Bonchev–Trinajstić information content (AvgIpc) is 3.01. The fourth-order valence-corrected chi connectivity index (χ4v) is 3.11. The number of fused-ring (bicyclic) bond motifs is 3. The molecule has 152 valence electrons. The summed E-state index contributed by atoms with van der Waals surface area (Å²) in [4.78, 5) is 24.3. The summed E-state index contributed by atoms with van der Waals surface area (Å²) in [5, 5.41) is 0. The van der Waals surface area contributed by atoms with Gasteiger partial charge in [0.25, 0.3) is 0 Å². The molecular weight excluding hydrogens is 346 g/mol. The molecule has 3 heteroatoms. The Morgan fingerprint density at radius 2 is 1.39 bits per heavy atom. The Bertz CT molecular complexity index is 776. The number of hydrogen-bond donors (Lipinski definition) is 0. The molecule has 3 nitrogen and oxygen atoms in total. The normalized spacial score (nSPS) is 11.0. The summed E-state index contributed by atoms with van der Waals surface area (Å²) in [6.07, 6.45) is 1.95. The zero-order chi connectivity index (χ0) is 21.1. The number of carbonyl (C=O) groups excluding carboxylic acids is 2. The Kier molecular flexibility index (Phi) is 10.4. The minimum atomic E-state index is 0.157. The topological polar surface area (TPSA) is 37.4 Å². The van der Waals surface area contributed by atoms with Crippen molar-refractivity contribution < 1.29 is 9.59 Å². The van der Waals surface area contributed by atoms with Gasteiger partial charge >= 0.3 is 0 Å². The van der Waals surface area contributed by atoms with E-state index < -0.39 is 0 Å². The minimum Gasteiger partial charge on any atom is -0.304 e. The molecule has 2 aromatic carbocycles. The zero-order valence-electron chi connectivity index (χ0n) is 18.3. The molecule has 0 radical (unpaired) electrons. The number of hydrogen-bond acceptors (Lipinski definition) is 3. The Labute approximate surface area is 170 Å². The van der Waals surface area contributed by atoms with Crippen LogP contribution in [0.15, 0.2) is 42.5 Å². The number of carbonyl (C=O) groups is 2. The van der Waals surface area contributed by atoms with Crippen LogP contribution in [-0.4, -0.2) is 36.1 Å². The Hall–Kier alpha value is -2.26. The molecule has 0 aromatic heterocycles. The number of Topliss-reactive ketones (excluding diaryl/α,β-unsaturated/α-hetero) is 1. The lowest BCUT2D eigenvalue weighted by Gasteiger charge is -2.15. The van der Waals surface area contributed by atoms with Crippen LogP contribution in [0.3, 0.4) is 0 Å². The van der Waals surface area contributed by atoms with Crippen molar-refractivity contribution in [3.8, 4) is 11.1 Å². The van der Waals surface area contributed by atoms with Gasteiger partial charge in [-0.05, 0) is 56.6 Å². The summed E-state index contributed by atoms with van der Waals surface area (Å²) >= 11 is 0. The van der Waals surface area contributed by atoms with Crippen molar-refractivity contribution in [1.82, 2.24) is 4.90 Å². The summed E-state index contributed by atoms with van der Waals surface area (Å²) in [7, 11) is 0. The summed E-state index contributed by atoms with van der Waals surface area (Å²) in [5.74, 6) is 0.411. The van der Waals surface area contributed by atoms with Gasteiger partial charge in [0, 0.05) is 17.5 Å². The summed E-state index contributed by atoms with van der Waals surface area (Å²) in [5.41, 5.74) is 5.04. The van der Waals surface area contributed by atoms with Crippen LogP contribution in [0.25, 0.3) is 11.1 Å². The van der Waals surface area contributed by atoms with E-state index in [1.807, 2.05) is 56.3 Å². The number of benzene rings is 2. The van der Waals surface area contributed by atoms with Crippen LogP contribution in [-0.2, 0) is 4.79 Å². The lowest BCUT2D eigenvalue weighted by atomic mass is 10.0. The van der Waals surface area contributed by atoms with Gasteiger partial charge in [0.2, 0.25) is 0 Å². The van der Waals surface area contributed by atoms with Gasteiger partial charge in [-0.25, -0.2) is 0 Å². The van der Waals surface area contributed by atoms with E-state index in [4.69, 9.17) is 0 Å². The van der Waals surface area contributed by atoms with Crippen LogP contribution in [0.1, 0.15) is 68.9 Å². The Morgan fingerprint density at radius 3 is 1.86 bits per heavy atom. The fraction of sp³-hybridized carbons (Fsp3) is 0.440. The summed E-state index contributed by atoms with van der Waals surface area (Å²) in [6, 6.07) is 13.7. The number of nitrogens with zero attached hydrogens (tertiary/aromatic N) is 1. The molecule has 28 heavy (non-hydrogen) atoms. The van der Waals surface area contributed by atoms with Crippen LogP contribution in [0.2, 0.25) is 0 Å². The summed E-state index contributed by atoms with van der Waals surface area (Å²) in [6.45, 7) is 15.8. The van der Waals surface area contributed by atoms with E-state index >= 15 is 0 Å². The first-order chi connectivity index (χ1) is 13.4. The average molecular weight is 382 g/mol. The van der Waals surface area contributed by atoms with E-state index in [9.17, 15) is 9.59 Å². The second kappa shape index (κ2) is 12.2. The van der Waals surface area contributed by atoms with Crippen molar-refractivity contribution in [2.45, 2.75) is 54.4 Å². The largest absolute Gasteiger partial charge is 0.304 e. The molecule has 0 unspecified atom stereocenters. The van der Waals surface area contributed by atoms with E-state index in [0.29, 0.717) is 6.42 Å². The molecule has 2 aromatic rings. The first kappa shape index (κ1) is 23.8. The molecule has 0 heterocycles. The fourth-order valence-electron chi connectivity index (χ4n) is 3.11. The van der Waals surface area contributed by atoms with Crippen LogP contribution >= 0.6 is 0 Å². The predicted octanol–water partition coefficient (Wildman–Crippen LogP) is 5.93. The second-order valence-corrected chi connectivity index (χ2v) is 6.95. The molecule has 0 saturated carbocycles. The maximum Gasteiger partial charge on any atom is 0.194 e. The van der Waals surface area contributed by atoms with E-state index in [-0.39, 0.29) is 11.6 Å². The SMILES string of the molecule is CCC(C)=O.CCCN(CC)CC.Cc1cccc2c1-c1ccccc1C2=O. The van der Waals surface area contributed by atoms with E-state index in [0.717, 1.165) is 22.3 Å². The monoisotopic (exact) mass is 381 g/mol. The molecule has 0 atom stereocenters. The maximum atomic E-state index is 12.0. The summed E-state index contributed by atoms with van der Waals surface area (Å²) < 4.78 is 0. The van der Waals surface area contributed by atoms with Gasteiger partial charge in [-0.1, -0.05) is 70.2 Å². The highest BCUT2D eigenvalue weighted by atomic mass is 16.1. The molecule has 0 bridgehead atoms. The van der Waals surface area contributed by atoms with Crippen molar-refractivity contribution in [2.75, 3.05) is 19.6 Å². The van der Waals surface area contributed by atoms with Gasteiger partial charge < -0.3 is 9.69 Å². The van der Waals surface area contributed by atoms with Gasteiger partial charge in [0.05, 0.1) is 0 Å². The molecule has 0 spiro atoms. The highest BCUT2D eigenvalue weighted by molar-refractivity contribution is 6.22. The third kappa shape index (κ3) is 6.42. The quantitative estimate of drug-likeness (QED) is 0.550. The maximum absolute atomic E-state index is 12.0. The standard InChI is InChI=1S/C14H10O.C7H17N.C4H8O/c1-9-5-4-8-12-13(9)10-6-2-3-7-11(10)14(12)15;1-4-7-8(5-2)6-3;1-3-4(2)5/h2-8H,1H3;4-7H2,1-3H3;3H2,1-2H3. The molecule has 1 aliphatic rings.